The number of pyridine rings is 1. The number of carbonyl (C=O) groups is 1. The van der Waals surface area contributed by atoms with Gasteiger partial charge in [0.25, 0.3) is 5.91 Å². The van der Waals surface area contributed by atoms with Crippen LogP contribution in [-0.2, 0) is 0 Å². The molecule has 5 heteroatoms. The number of nitrogens with zero attached hydrogens (tertiary/aromatic N) is 1. The number of hydrogen-bond donors (Lipinski definition) is 2. The molecule has 1 amide bonds. The van der Waals surface area contributed by atoms with E-state index >= 15 is 0 Å². The summed E-state index contributed by atoms with van der Waals surface area (Å²) in [6.07, 6.45) is 3.72. The van der Waals surface area contributed by atoms with E-state index in [0.717, 1.165) is 12.8 Å². The van der Waals surface area contributed by atoms with Gasteiger partial charge in [0.2, 0.25) is 0 Å². The minimum atomic E-state index is -0.321. The quantitative estimate of drug-likeness (QED) is 0.856. The number of nitrogens with two attached hydrogens (primary N) is 1. The van der Waals surface area contributed by atoms with Crippen LogP contribution < -0.4 is 11.1 Å². The Bertz CT molecular complexity index is 416. The molecule has 0 spiro atoms. The van der Waals surface area contributed by atoms with Crippen LogP contribution in [0.5, 0.6) is 0 Å². The van der Waals surface area contributed by atoms with E-state index in [1.54, 1.807) is 12.1 Å². The van der Waals surface area contributed by atoms with Crippen molar-refractivity contribution in [2.24, 2.45) is 11.7 Å². The van der Waals surface area contributed by atoms with Crippen LogP contribution in [0.2, 0.25) is 5.02 Å². The van der Waals surface area contributed by atoms with Gasteiger partial charge in [0.05, 0.1) is 10.6 Å². The largest absolute Gasteiger partial charge is 0.344 e. The topological polar surface area (TPSA) is 68.0 Å². The summed E-state index contributed by atoms with van der Waals surface area (Å²) in [7, 11) is 0. The van der Waals surface area contributed by atoms with Gasteiger partial charge in [-0.05, 0) is 37.8 Å². The zero-order valence-electron chi connectivity index (χ0n) is 9.74. The summed E-state index contributed by atoms with van der Waals surface area (Å²) in [4.78, 5) is 16.0. The number of amides is 1. The number of nitrogens with one attached hydrogen (secondary N) is 1. The first-order valence-electron chi connectivity index (χ1n) is 5.69. The van der Waals surface area contributed by atoms with Crippen molar-refractivity contribution in [3.05, 3.63) is 29.0 Å². The highest BCUT2D eigenvalue weighted by molar-refractivity contribution is 6.30. The van der Waals surface area contributed by atoms with E-state index in [0.29, 0.717) is 23.2 Å². The molecule has 92 valence electrons. The molecule has 1 aliphatic rings. The van der Waals surface area contributed by atoms with E-state index in [1.165, 1.54) is 6.20 Å². The van der Waals surface area contributed by atoms with E-state index in [1.807, 2.05) is 6.92 Å². The highest BCUT2D eigenvalue weighted by atomic mass is 35.5. The van der Waals surface area contributed by atoms with Crippen molar-refractivity contribution in [3.63, 3.8) is 0 Å². The minimum absolute atomic E-state index is 0.193. The van der Waals surface area contributed by atoms with Gasteiger partial charge in [-0.15, -0.1) is 0 Å². The molecule has 0 saturated heterocycles. The molecule has 0 bridgehead atoms. The number of carbonyl (C=O) groups excluding carboxylic acids is 1. The van der Waals surface area contributed by atoms with Crippen LogP contribution in [0.4, 0.5) is 0 Å². The summed E-state index contributed by atoms with van der Waals surface area (Å²) < 4.78 is 0. The minimum Gasteiger partial charge on any atom is -0.344 e. The normalized spacial score (nSPS) is 18.5. The fraction of sp³-hybridized carbons (Fsp3) is 0.500. The van der Waals surface area contributed by atoms with Crippen LogP contribution in [0.1, 0.15) is 30.3 Å². The Morgan fingerprint density at radius 3 is 2.82 bits per heavy atom. The summed E-state index contributed by atoms with van der Waals surface area (Å²) in [5, 5.41) is 3.49. The fourth-order valence-corrected chi connectivity index (χ4v) is 1.99. The standard InChI is InChI=1S/C12H16ClN3O/c1-12(7-14,8-2-3-8)16-11(17)10-5-4-9(13)6-15-10/h4-6,8H,2-3,7,14H2,1H3,(H,16,17). The second-order valence-electron chi connectivity index (χ2n) is 4.71. The predicted molar refractivity (Wildman–Crippen MR) is 66.9 cm³/mol. The molecule has 0 radical (unpaired) electrons. The Hall–Kier alpha value is -1.13. The van der Waals surface area contributed by atoms with Gasteiger partial charge in [-0.25, -0.2) is 4.98 Å². The van der Waals surface area contributed by atoms with E-state index in [-0.39, 0.29) is 11.4 Å². The fourth-order valence-electron chi connectivity index (χ4n) is 1.87. The molecule has 4 nitrogen and oxygen atoms in total. The average molecular weight is 254 g/mol. The van der Waals surface area contributed by atoms with E-state index in [2.05, 4.69) is 10.3 Å². The maximum Gasteiger partial charge on any atom is 0.270 e. The second kappa shape index (κ2) is 4.63. The summed E-state index contributed by atoms with van der Waals surface area (Å²) in [6, 6.07) is 3.27. The highest BCUT2D eigenvalue weighted by Gasteiger charge is 2.41. The van der Waals surface area contributed by atoms with Gasteiger partial charge in [0.1, 0.15) is 5.69 Å². The first kappa shape index (κ1) is 12.3. The second-order valence-corrected chi connectivity index (χ2v) is 5.15. The van der Waals surface area contributed by atoms with Crippen molar-refractivity contribution in [3.8, 4) is 0 Å². The molecule has 1 unspecified atom stereocenters. The smallest absolute Gasteiger partial charge is 0.270 e. The molecule has 0 aromatic carbocycles. The van der Waals surface area contributed by atoms with Gasteiger partial charge >= 0.3 is 0 Å². The molecule has 0 aliphatic heterocycles. The molecule has 17 heavy (non-hydrogen) atoms. The van der Waals surface area contributed by atoms with Crippen molar-refractivity contribution in [2.45, 2.75) is 25.3 Å². The van der Waals surface area contributed by atoms with Crippen LogP contribution in [0.25, 0.3) is 0 Å². The summed E-state index contributed by atoms with van der Waals surface area (Å²) in [6.45, 7) is 2.43. The molecular formula is C12H16ClN3O. The monoisotopic (exact) mass is 253 g/mol. The van der Waals surface area contributed by atoms with Gasteiger partial charge in [-0.3, -0.25) is 4.79 Å². The van der Waals surface area contributed by atoms with Gasteiger partial charge in [0, 0.05) is 12.7 Å². The molecule has 3 N–H and O–H groups in total. The summed E-state index contributed by atoms with van der Waals surface area (Å²) >= 11 is 5.72. The Morgan fingerprint density at radius 1 is 1.65 bits per heavy atom. The maximum absolute atomic E-state index is 12.0. The first-order valence-corrected chi connectivity index (χ1v) is 6.07. The molecule has 2 rings (SSSR count). The van der Waals surface area contributed by atoms with Gasteiger partial charge in [-0.1, -0.05) is 11.6 Å². The summed E-state index contributed by atoms with van der Waals surface area (Å²) in [5.74, 6) is 0.297. The van der Waals surface area contributed by atoms with Crippen LogP contribution in [0.15, 0.2) is 18.3 Å². The molecule has 1 aliphatic carbocycles. The van der Waals surface area contributed by atoms with E-state index in [4.69, 9.17) is 17.3 Å². The predicted octanol–water partition coefficient (Wildman–Crippen LogP) is 1.59. The van der Waals surface area contributed by atoms with Crippen molar-refractivity contribution < 1.29 is 4.79 Å². The molecule has 1 heterocycles. The van der Waals surface area contributed by atoms with Gasteiger partial charge < -0.3 is 11.1 Å². The SMILES string of the molecule is CC(CN)(NC(=O)c1ccc(Cl)cn1)C1CC1. The summed E-state index contributed by atoms with van der Waals surface area (Å²) in [5.41, 5.74) is 5.79. The molecule has 1 aromatic rings. The Kier molecular flexibility index (Phi) is 3.35. The van der Waals surface area contributed by atoms with Crippen LogP contribution >= 0.6 is 11.6 Å². The van der Waals surface area contributed by atoms with Gasteiger partial charge in [0.15, 0.2) is 0 Å². The molecular weight excluding hydrogens is 238 g/mol. The molecule has 1 saturated carbocycles. The lowest BCUT2D eigenvalue weighted by Gasteiger charge is -2.29. The third kappa shape index (κ3) is 2.76. The van der Waals surface area contributed by atoms with Crippen molar-refractivity contribution in [1.82, 2.24) is 10.3 Å². The van der Waals surface area contributed by atoms with Crippen molar-refractivity contribution in [1.29, 1.82) is 0 Å². The third-order valence-electron chi connectivity index (χ3n) is 3.26. The van der Waals surface area contributed by atoms with E-state index < -0.39 is 0 Å². The Balaban J connectivity index is 2.07. The highest BCUT2D eigenvalue weighted by Crippen LogP contribution is 2.39. The lowest BCUT2D eigenvalue weighted by Crippen LogP contribution is -2.53. The number of halogens is 1. The van der Waals surface area contributed by atoms with Crippen molar-refractivity contribution in [2.75, 3.05) is 6.54 Å². The molecule has 1 aromatic heterocycles. The molecule has 1 fully saturated rings. The third-order valence-corrected chi connectivity index (χ3v) is 3.49. The Morgan fingerprint density at radius 2 is 2.35 bits per heavy atom. The van der Waals surface area contributed by atoms with Crippen molar-refractivity contribution >= 4 is 17.5 Å². The first-order chi connectivity index (χ1) is 8.05. The molecule has 1 atom stereocenters. The van der Waals surface area contributed by atoms with E-state index in [9.17, 15) is 4.79 Å². The van der Waals surface area contributed by atoms with Crippen LogP contribution in [0, 0.1) is 5.92 Å². The van der Waals surface area contributed by atoms with Crippen LogP contribution in [-0.4, -0.2) is 23.0 Å². The lowest BCUT2D eigenvalue weighted by molar-refractivity contribution is 0.0892. The van der Waals surface area contributed by atoms with Gasteiger partial charge in [-0.2, -0.15) is 0 Å². The zero-order valence-corrected chi connectivity index (χ0v) is 10.5. The number of hydrogen-bond acceptors (Lipinski definition) is 3. The average Bonchev–Trinajstić information content (AvgIpc) is 3.13. The maximum atomic E-state index is 12.0. The van der Waals surface area contributed by atoms with Crippen LogP contribution in [0.3, 0.4) is 0 Å². The Labute approximate surface area is 106 Å². The number of rotatable bonds is 4. The zero-order chi connectivity index (χ0) is 12.5. The number of aromatic nitrogens is 1. The lowest BCUT2D eigenvalue weighted by atomic mass is 9.96.